The highest BCUT2D eigenvalue weighted by Crippen LogP contribution is 2.39. The summed E-state index contributed by atoms with van der Waals surface area (Å²) in [6.07, 6.45) is 2.99. The third-order valence-corrected chi connectivity index (χ3v) is 5.04. The summed E-state index contributed by atoms with van der Waals surface area (Å²) < 4.78 is 4.48. The van der Waals surface area contributed by atoms with E-state index in [2.05, 4.69) is 22.3 Å². The second kappa shape index (κ2) is 7.59. The lowest BCUT2D eigenvalue weighted by Gasteiger charge is -2.18. The topological polar surface area (TPSA) is 84.5 Å². The second-order valence-electron chi connectivity index (χ2n) is 5.80. The van der Waals surface area contributed by atoms with Crippen molar-refractivity contribution in [3.63, 3.8) is 0 Å². The third-order valence-electron chi connectivity index (χ3n) is 3.87. The number of carbonyl (C=O) groups is 3. The van der Waals surface area contributed by atoms with Gasteiger partial charge in [-0.25, -0.2) is 4.79 Å². The molecule has 1 heterocycles. The van der Waals surface area contributed by atoms with Crippen molar-refractivity contribution in [3.05, 3.63) is 16.0 Å². The van der Waals surface area contributed by atoms with E-state index in [0.29, 0.717) is 22.9 Å². The fourth-order valence-corrected chi connectivity index (χ4v) is 4.13. The van der Waals surface area contributed by atoms with Crippen molar-refractivity contribution in [1.29, 1.82) is 0 Å². The van der Waals surface area contributed by atoms with Gasteiger partial charge in [-0.2, -0.15) is 0 Å². The first kappa shape index (κ1) is 17.5. The van der Waals surface area contributed by atoms with E-state index in [0.717, 1.165) is 36.1 Å². The van der Waals surface area contributed by atoms with Gasteiger partial charge in [0.15, 0.2) is 0 Å². The molecule has 0 saturated heterocycles. The molecule has 2 N–H and O–H groups in total. The zero-order valence-electron chi connectivity index (χ0n) is 13.7. The fourth-order valence-electron chi connectivity index (χ4n) is 2.70. The van der Waals surface area contributed by atoms with Gasteiger partial charge in [0.2, 0.25) is 5.91 Å². The number of hydrogen-bond acceptors (Lipinski definition) is 5. The van der Waals surface area contributed by atoms with Gasteiger partial charge in [0.25, 0.3) is 5.91 Å². The number of amides is 3. The standard InChI is InChI=1S/C16H22N2O4S/c1-4-5-12(19)17-15-13(14(20)18-16(21)22-3)10-7-6-9(2)8-11(10)23-15/h9H,4-8H2,1-3H3,(H,17,19)(H,18,20,21)/t9-/m1/s1. The van der Waals surface area contributed by atoms with Gasteiger partial charge in [-0.1, -0.05) is 13.8 Å². The Morgan fingerprint density at radius 1 is 1.35 bits per heavy atom. The number of rotatable bonds is 4. The van der Waals surface area contributed by atoms with Crippen LogP contribution in [0.3, 0.4) is 0 Å². The zero-order chi connectivity index (χ0) is 17.0. The molecule has 0 saturated carbocycles. The van der Waals surface area contributed by atoms with E-state index < -0.39 is 12.0 Å². The summed E-state index contributed by atoms with van der Waals surface area (Å²) in [4.78, 5) is 36.8. The first-order valence-electron chi connectivity index (χ1n) is 7.79. The molecule has 0 radical (unpaired) electrons. The van der Waals surface area contributed by atoms with Gasteiger partial charge in [0.05, 0.1) is 12.7 Å². The Balaban J connectivity index is 2.34. The first-order chi connectivity index (χ1) is 11.0. The molecule has 23 heavy (non-hydrogen) atoms. The van der Waals surface area contributed by atoms with Crippen LogP contribution in [0.25, 0.3) is 0 Å². The van der Waals surface area contributed by atoms with Crippen LogP contribution in [0.4, 0.5) is 9.80 Å². The Hall–Kier alpha value is -1.89. The quantitative estimate of drug-likeness (QED) is 0.883. The molecule has 2 rings (SSSR count). The Labute approximate surface area is 139 Å². The number of anilines is 1. The van der Waals surface area contributed by atoms with Gasteiger partial charge in [-0.15, -0.1) is 11.3 Å². The summed E-state index contributed by atoms with van der Waals surface area (Å²) in [5, 5.41) is 5.55. The van der Waals surface area contributed by atoms with Gasteiger partial charge >= 0.3 is 6.09 Å². The minimum absolute atomic E-state index is 0.119. The van der Waals surface area contributed by atoms with Crippen molar-refractivity contribution in [2.45, 2.75) is 46.0 Å². The summed E-state index contributed by atoms with van der Waals surface area (Å²) in [6.45, 7) is 4.10. The summed E-state index contributed by atoms with van der Waals surface area (Å²) in [7, 11) is 1.21. The van der Waals surface area contributed by atoms with Crippen LogP contribution in [0.2, 0.25) is 0 Å². The molecule has 3 amide bonds. The molecule has 0 aromatic carbocycles. The van der Waals surface area contributed by atoms with Crippen molar-refractivity contribution in [1.82, 2.24) is 5.32 Å². The maximum Gasteiger partial charge on any atom is 0.413 e. The number of nitrogens with one attached hydrogen (secondary N) is 2. The molecule has 6 nitrogen and oxygen atoms in total. The van der Waals surface area contributed by atoms with E-state index in [4.69, 9.17) is 0 Å². The van der Waals surface area contributed by atoms with E-state index in [9.17, 15) is 14.4 Å². The fraction of sp³-hybridized carbons (Fsp3) is 0.562. The van der Waals surface area contributed by atoms with Crippen LogP contribution in [0.1, 0.15) is 53.9 Å². The van der Waals surface area contributed by atoms with Crippen LogP contribution in [-0.4, -0.2) is 25.0 Å². The lowest BCUT2D eigenvalue weighted by atomic mass is 9.88. The lowest BCUT2D eigenvalue weighted by Crippen LogP contribution is -2.31. The van der Waals surface area contributed by atoms with Crippen LogP contribution in [0.15, 0.2) is 0 Å². The molecule has 7 heteroatoms. The number of alkyl carbamates (subject to hydrolysis) is 1. The van der Waals surface area contributed by atoms with Crippen molar-refractivity contribution >= 4 is 34.2 Å². The van der Waals surface area contributed by atoms with E-state index in [1.165, 1.54) is 18.4 Å². The molecule has 1 aliphatic carbocycles. The average molecular weight is 338 g/mol. The van der Waals surface area contributed by atoms with Crippen LogP contribution >= 0.6 is 11.3 Å². The van der Waals surface area contributed by atoms with E-state index in [1.807, 2.05) is 6.92 Å². The molecule has 0 unspecified atom stereocenters. The predicted molar refractivity (Wildman–Crippen MR) is 88.9 cm³/mol. The smallest absolute Gasteiger partial charge is 0.413 e. The molecule has 0 spiro atoms. The van der Waals surface area contributed by atoms with Crippen molar-refractivity contribution in [2.24, 2.45) is 5.92 Å². The average Bonchev–Trinajstić information content (AvgIpc) is 2.83. The molecule has 0 aliphatic heterocycles. The van der Waals surface area contributed by atoms with Gasteiger partial charge in [0.1, 0.15) is 5.00 Å². The largest absolute Gasteiger partial charge is 0.453 e. The number of carbonyl (C=O) groups excluding carboxylic acids is 3. The van der Waals surface area contributed by atoms with Gasteiger partial charge < -0.3 is 10.1 Å². The van der Waals surface area contributed by atoms with Crippen molar-refractivity contribution < 1.29 is 19.1 Å². The number of methoxy groups -OCH3 is 1. The Morgan fingerprint density at radius 3 is 2.74 bits per heavy atom. The molecule has 1 aliphatic rings. The zero-order valence-corrected chi connectivity index (χ0v) is 14.5. The summed E-state index contributed by atoms with van der Waals surface area (Å²) in [5.41, 5.74) is 1.35. The minimum Gasteiger partial charge on any atom is -0.453 e. The highest BCUT2D eigenvalue weighted by Gasteiger charge is 2.29. The van der Waals surface area contributed by atoms with Crippen LogP contribution in [0.5, 0.6) is 0 Å². The molecule has 0 bridgehead atoms. The van der Waals surface area contributed by atoms with Crippen molar-refractivity contribution in [2.75, 3.05) is 12.4 Å². The number of hydrogen-bond donors (Lipinski definition) is 2. The van der Waals surface area contributed by atoms with Gasteiger partial charge in [0, 0.05) is 11.3 Å². The summed E-state index contributed by atoms with van der Waals surface area (Å²) in [5.74, 6) is -0.0844. The van der Waals surface area contributed by atoms with Crippen LogP contribution < -0.4 is 10.6 Å². The minimum atomic E-state index is -0.801. The summed E-state index contributed by atoms with van der Waals surface area (Å²) >= 11 is 1.44. The third kappa shape index (κ3) is 4.10. The molecular weight excluding hydrogens is 316 g/mol. The highest BCUT2D eigenvalue weighted by molar-refractivity contribution is 7.17. The van der Waals surface area contributed by atoms with Crippen molar-refractivity contribution in [3.8, 4) is 0 Å². The number of thiophene rings is 1. The molecule has 1 aromatic rings. The molecule has 0 fully saturated rings. The normalized spacial score (nSPS) is 16.4. The molecule has 1 atom stereocenters. The van der Waals surface area contributed by atoms with E-state index >= 15 is 0 Å². The van der Waals surface area contributed by atoms with E-state index in [1.54, 1.807) is 0 Å². The van der Waals surface area contributed by atoms with Gasteiger partial charge in [-0.3, -0.25) is 14.9 Å². The predicted octanol–water partition coefficient (Wildman–Crippen LogP) is 3.11. The van der Waals surface area contributed by atoms with E-state index in [-0.39, 0.29) is 5.91 Å². The molecule has 1 aromatic heterocycles. The Kier molecular flexibility index (Phi) is 5.76. The Bertz CT molecular complexity index is 624. The lowest BCUT2D eigenvalue weighted by molar-refractivity contribution is -0.116. The number of imide groups is 1. The SMILES string of the molecule is CCCC(=O)Nc1sc2c(c1C(=O)NC(=O)OC)CC[C@@H](C)C2. The number of fused-ring (bicyclic) bond motifs is 1. The Morgan fingerprint density at radius 2 is 2.09 bits per heavy atom. The molecular formula is C16H22N2O4S. The maximum absolute atomic E-state index is 12.4. The summed E-state index contributed by atoms with van der Waals surface area (Å²) in [6, 6.07) is 0. The first-order valence-corrected chi connectivity index (χ1v) is 8.61. The second-order valence-corrected chi connectivity index (χ2v) is 6.90. The molecule has 126 valence electrons. The van der Waals surface area contributed by atoms with Gasteiger partial charge in [-0.05, 0) is 37.2 Å². The maximum atomic E-state index is 12.4. The monoisotopic (exact) mass is 338 g/mol. The number of ether oxygens (including phenoxy) is 1. The van der Waals surface area contributed by atoms with Crippen LogP contribution in [-0.2, 0) is 22.4 Å². The van der Waals surface area contributed by atoms with Crippen LogP contribution in [0, 0.1) is 5.92 Å². The highest BCUT2D eigenvalue weighted by atomic mass is 32.1.